The van der Waals surface area contributed by atoms with Gasteiger partial charge in [0.05, 0.1) is 25.7 Å². The molecule has 0 aromatic heterocycles. The van der Waals surface area contributed by atoms with E-state index in [-0.39, 0.29) is 5.41 Å². The SMILES string of the molecule is COc1ccc(CCN(C)CCCC2(C#N)CCCc3ccccc32)cc1OC.O=C(O)/C=C/C(=O)O. The summed E-state index contributed by atoms with van der Waals surface area (Å²) >= 11 is 0. The van der Waals surface area contributed by atoms with Crippen molar-refractivity contribution in [3.05, 3.63) is 71.3 Å². The molecule has 1 atom stereocenters. The second kappa shape index (κ2) is 14.7. The van der Waals surface area contributed by atoms with Crippen LogP contribution >= 0.6 is 0 Å². The number of carboxylic acids is 2. The number of aliphatic carboxylic acids is 2. The highest BCUT2D eigenvalue weighted by molar-refractivity contribution is 5.89. The molecule has 1 unspecified atom stereocenters. The zero-order chi connectivity index (χ0) is 27.3. The lowest BCUT2D eigenvalue weighted by Gasteiger charge is -2.34. The molecular weight excluding hydrogens is 472 g/mol. The van der Waals surface area contributed by atoms with E-state index in [1.165, 1.54) is 16.7 Å². The molecule has 2 aromatic carbocycles. The van der Waals surface area contributed by atoms with Gasteiger partial charge in [0.25, 0.3) is 0 Å². The summed E-state index contributed by atoms with van der Waals surface area (Å²) in [5.74, 6) is -0.974. The molecule has 0 aliphatic heterocycles. The first-order valence-electron chi connectivity index (χ1n) is 12.3. The molecule has 1 aliphatic carbocycles. The van der Waals surface area contributed by atoms with Crippen molar-refractivity contribution < 1.29 is 29.3 Å². The number of fused-ring (bicyclic) bond motifs is 1. The van der Waals surface area contributed by atoms with Crippen LogP contribution in [-0.4, -0.2) is 61.4 Å². The van der Waals surface area contributed by atoms with Crippen molar-refractivity contribution in [2.75, 3.05) is 34.4 Å². The van der Waals surface area contributed by atoms with Gasteiger partial charge in [0, 0.05) is 18.7 Å². The molecule has 2 N–H and O–H groups in total. The van der Waals surface area contributed by atoms with Gasteiger partial charge in [-0.3, -0.25) is 0 Å². The molecule has 0 bridgehead atoms. The third-order valence-electron chi connectivity index (χ3n) is 6.54. The minimum atomic E-state index is -1.26. The summed E-state index contributed by atoms with van der Waals surface area (Å²) in [5.41, 5.74) is 3.56. The lowest BCUT2D eigenvalue weighted by Crippen LogP contribution is -2.31. The molecule has 0 fully saturated rings. The average Bonchev–Trinajstić information content (AvgIpc) is 2.91. The molecule has 0 saturated heterocycles. The molecule has 8 nitrogen and oxygen atoms in total. The lowest BCUT2D eigenvalue weighted by molar-refractivity contribution is -0.134. The molecule has 3 rings (SSSR count). The summed E-state index contributed by atoms with van der Waals surface area (Å²) in [4.78, 5) is 21.5. The van der Waals surface area contributed by atoms with Crippen LogP contribution in [0, 0.1) is 11.3 Å². The molecule has 37 heavy (non-hydrogen) atoms. The van der Waals surface area contributed by atoms with Gasteiger partial charge in [0.2, 0.25) is 0 Å². The molecule has 198 valence electrons. The molecule has 0 spiro atoms. The Morgan fingerprint density at radius 2 is 1.73 bits per heavy atom. The molecule has 2 aromatic rings. The Bertz CT molecular complexity index is 1110. The van der Waals surface area contributed by atoms with Gasteiger partial charge >= 0.3 is 11.9 Å². The van der Waals surface area contributed by atoms with E-state index in [1.807, 2.05) is 6.07 Å². The van der Waals surface area contributed by atoms with E-state index in [2.05, 4.69) is 54.4 Å². The van der Waals surface area contributed by atoms with Crippen LogP contribution in [0.3, 0.4) is 0 Å². The molecule has 0 amide bonds. The molecule has 0 heterocycles. The topological polar surface area (TPSA) is 120 Å². The maximum Gasteiger partial charge on any atom is 0.328 e. The van der Waals surface area contributed by atoms with Crippen molar-refractivity contribution in [2.24, 2.45) is 0 Å². The van der Waals surface area contributed by atoms with Gasteiger partial charge in [0.15, 0.2) is 11.5 Å². The Morgan fingerprint density at radius 1 is 1.05 bits per heavy atom. The fraction of sp³-hybridized carbons (Fsp3) is 0.414. The average molecular weight is 509 g/mol. The molecular formula is C29H36N2O6. The maximum absolute atomic E-state index is 10.0. The van der Waals surface area contributed by atoms with Crippen LogP contribution in [-0.2, 0) is 27.8 Å². The Balaban J connectivity index is 0.000000521. The third-order valence-corrected chi connectivity index (χ3v) is 6.54. The van der Waals surface area contributed by atoms with Crippen LogP contribution in [0.2, 0.25) is 0 Å². The zero-order valence-corrected chi connectivity index (χ0v) is 21.8. The Labute approximate surface area is 218 Å². The number of ether oxygens (including phenoxy) is 2. The van der Waals surface area contributed by atoms with Gasteiger partial charge in [-0.15, -0.1) is 0 Å². The van der Waals surface area contributed by atoms with Crippen molar-refractivity contribution in [2.45, 2.75) is 43.9 Å². The number of methoxy groups -OCH3 is 2. The summed E-state index contributed by atoms with van der Waals surface area (Å²) < 4.78 is 10.7. The molecule has 0 radical (unpaired) electrons. The minimum Gasteiger partial charge on any atom is -0.493 e. The van der Waals surface area contributed by atoms with Gasteiger partial charge in [-0.05, 0) is 80.9 Å². The van der Waals surface area contributed by atoms with E-state index < -0.39 is 11.9 Å². The smallest absolute Gasteiger partial charge is 0.328 e. The van der Waals surface area contributed by atoms with E-state index >= 15 is 0 Å². The van der Waals surface area contributed by atoms with E-state index in [9.17, 15) is 14.9 Å². The molecule has 0 saturated carbocycles. The van der Waals surface area contributed by atoms with Crippen LogP contribution in [0.15, 0.2) is 54.6 Å². The van der Waals surface area contributed by atoms with Crippen molar-refractivity contribution >= 4 is 11.9 Å². The van der Waals surface area contributed by atoms with Crippen LogP contribution in [0.1, 0.15) is 42.4 Å². The first-order valence-corrected chi connectivity index (χ1v) is 12.3. The fourth-order valence-corrected chi connectivity index (χ4v) is 4.61. The van der Waals surface area contributed by atoms with E-state index in [0.717, 1.165) is 63.1 Å². The van der Waals surface area contributed by atoms with Crippen LogP contribution in [0.25, 0.3) is 0 Å². The highest BCUT2D eigenvalue weighted by Crippen LogP contribution is 2.40. The summed E-state index contributed by atoms with van der Waals surface area (Å²) in [6.07, 6.45) is 7.24. The predicted molar refractivity (Wildman–Crippen MR) is 141 cm³/mol. The van der Waals surface area contributed by atoms with Crippen molar-refractivity contribution in [3.63, 3.8) is 0 Å². The Kier molecular flexibility index (Phi) is 11.7. The van der Waals surface area contributed by atoms with Crippen molar-refractivity contribution in [3.8, 4) is 17.6 Å². The summed E-state index contributed by atoms with van der Waals surface area (Å²) in [7, 11) is 5.49. The standard InChI is InChI=1S/C25H32N2O2.C4H4O4/c1-27(17-13-20-11-12-23(28-2)24(18-20)29-3)16-7-15-25(19-26)14-6-9-21-8-4-5-10-22(21)25;5-3(6)1-2-4(7)8/h4-5,8,10-12,18H,6-7,9,13-17H2,1-3H3;1-2H,(H,5,6)(H,7,8)/b;2-1+. The van der Waals surface area contributed by atoms with E-state index in [1.54, 1.807) is 14.2 Å². The van der Waals surface area contributed by atoms with E-state index in [0.29, 0.717) is 12.2 Å². The predicted octanol–water partition coefficient (Wildman–Crippen LogP) is 4.47. The minimum absolute atomic E-state index is 0.307. The normalized spacial score (nSPS) is 16.3. The number of carbonyl (C=O) groups is 2. The number of rotatable bonds is 11. The first-order chi connectivity index (χ1) is 17.7. The van der Waals surface area contributed by atoms with Gasteiger partial charge in [0.1, 0.15) is 0 Å². The highest BCUT2D eigenvalue weighted by Gasteiger charge is 2.36. The second-order valence-corrected chi connectivity index (χ2v) is 9.06. The maximum atomic E-state index is 10.0. The van der Waals surface area contributed by atoms with Crippen LogP contribution in [0.4, 0.5) is 0 Å². The number of benzene rings is 2. The number of nitriles is 1. The van der Waals surface area contributed by atoms with Gasteiger partial charge in [-0.1, -0.05) is 30.3 Å². The van der Waals surface area contributed by atoms with Gasteiger partial charge in [-0.2, -0.15) is 5.26 Å². The van der Waals surface area contributed by atoms with Crippen LogP contribution in [0.5, 0.6) is 11.5 Å². The number of carboxylic acid groups (broad SMARTS) is 2. The van der Waals surface area contributed by atoms with Gasteiger partial charge in [-0.25, -0.2) is 9.59 Å². The molecule has 8 heteroatoms. The number of aryl methyl sites for hydroxylation is 1. The van der Waals surface area contributed by atoms with E-state index in [4.69, 9.17) is 19.7 Å². The van der Waals surface area contributed by atoms with Crippen LogP contribution < -0.4 is 9.47 Å². The number of hydrogen-bond donors (Lipinski definition) is 2. The monoisotopic (exact) mass is 508 g/mol. The molecule has 1 aliphatic rings. The number of nitrogens with zero attached hydrogens (tertiary/aromatic N) is 2. The summed E-state index contributed by atoms with van der Waals surface area (Å²) in [6.45, 7) is 1.98. The van der Waals surface area contributed by atoms with Gasteiger partial charge < -0.3 is 24.6 Å². The van der Waals surface area contributed by atoms with Crippen molar-refractivity contribution in [1.29, 1.82) is 5.26 Å². The summed E-state index contributed by atoms with van der Waals surface area (Å²) in [6, 6.07) is 17.3. The number of hydrogen-bond acceptors (Lipinski definition) is 6. The van der Waals surface area contributed by atoms with Crippen molar-refractivity contribution in [1.82, 2.24) is 4.90 Å². The number of likely N-dealkylation sites (N-methyl/N-ethyl adjacent to an activating group) is 1. The largest absolute Gasteiger partial charge is 0.493 e. The third kappa shape index (κ3) is 8.96. The second-order valence-electron chi connectivity index (χ2n) is 9.06. The quantitative estimate of drug-likeness (QED) is 0.427. The summed E-state index contributed by atoms with van der Waals surface area (Å²) in [5, 5.41) is 25.6. The lowest BCUT2D eigenvalue weighted by atomic mass is 9.68. The fourth-order valence-electron chi connectivity index (χ4n) is 4.61. The first kappa shape index (κ1) is 29.4. The Hall–Kier alpha value is -3.83. The Morgan fingerprint density at radius 3 is 2.35 bits per heavy atom. The zero-order valence-electron chi connectivity index (χ0n) is 21.8. The highest BCUT2D eigenvalue weighted by atomic mass is 16.5.